The molecule has 3 nitrogen and oxygen atoms in total. The molecule has 17 heavy (non-hydrogen) atoms. The molecule has 5 heteroatoms. The van der Waals surface area contributed by atoms with Gasteiger partial charge in [-0.15, -0.1) is 0 Å². The second-order valence-electron chi connectivity index (χ2n) is 4.64. The average Bonchev–Trinajstić information content (AvgIpc) is 2.18. The maximum atomic E-state index is 13.5. The summed E-state index contributed by atoms with van der Waals surface area (Å²) in [6.07, 6.45) is 0. The fraction of sp³-hybridized carbons (Fsp3) is 0.417. The predicted octanol–water partition coefficient (Wildman–Crippen LogP) is 1.68. The van der Waals surface area contributed by atoms with Gasteiger partial charge in [0.15, 0.2) is 0 Å². The molecule has 0 bridgehead atoms. The number of hydrogen-bond acceptors (Lipinski definition) is 3. The maximum absolute atomic E-state index is 13.5. The van der Waals surface area contributed by atoms with Crippen LogP contribution in [-0.2, 0) is 16.6 Å². The molecular weight excluding hydrogens is 239 g/mol. The highest BCUT2D eigenvalue weighted by atomic mass is 32.2. The first-order valence-electron chi connectivity index (χ1n) is 5.14. The van der Waals surface area contributed by atoms with E-state index >= 15 is 0 Å². The Morgan fingerprint density at radius 2 is 2.18 bits per heavy atom. The van der Waals surface area contributed by atoms with Crippen LogP contribution in [0.1, 0.15) is 25.0 Å². The monoisotopic (exact) mass is 254 g/mol. The lowest BCUT2D eigenvalue weighted by Crippen LogP contribution is -2.38. The fourth-order valence-electron chi connectivity index (χ4n) is 1.37. The molecule has 1 rings (SSSR count). The van der Waals surface area contributed by atoms with Gasteiger partial charge in [0, 0.05) is 27.7 Å². The molecule has 0 aromatic heterocycles. The number of nitrogens with zero attached hydrogens (tertiary/aromatic N) is 1. The third kappa shape index (κ3) is 4.63. The summed E-state index contributed by atoms with van der Waals surface area (Å²) >= 11 is 0. The Bertz CT molecular complexity index is 474. The summed E-state index contributed by atoms with van der Waals surface area (Å²) in [5, 5.41) is 8.59. The third-order valence-electron chi connectivity index (χ3n) is 2.03. The number of halogens is 1. The zero-order valence-electron chi connectivity index (χ0n) is 9.87. The Morgan fingerprint density at radius 3 is 2.65 bits per heavy atom. The highest BCUT2D eigenvalue weighted by Crippen LogP contribution is 2.13. The van der Waals surface area contributed by atoms with Gasteiger partial charge >= 0.3 is 0 Å². The van der Waals surface area contributed by atoms with Gasteiger partial charge in [0.2, 0.25) is 0 Å². The number of benzene rings is 1. The molecule has 0 fully saturated rings. The van der Waals surface area contributed by atoms with Crippen molar-refractivity contribution in [3.63, 3.8) is 0 Å². The lowest BCUT2D eigenvalue weighted by molar-refractivity contribution is 0.576. The molecule has 1 unspecified atom stereocenters. The van der Waals surface area contributed by atoms with Gasteiger partial charge in [0.25, 0.3) is 0 Å². The van der Waals surface area contributed by atoms with E-state index in [1.807, 2.05) is 6.07 Å². The summed E-state index contributed by atoms with van der Waals surface area (Å²) in [6.45, 7) is 3.56. The van der Waals surface area contributed by atoms with Crippen molar-refractivity contribution in [3.05, 3.63) is 35.1 Å². The molecule has 0 saturated carbocycles. The lowest BCUT2D eigenvalue weighted by Gasteiger charge is -2.17. The van der Waals surface area contributed by atoms with Crippen molar-refractivity contribution in [1.29, 1.82) is 5.26 Å². The number of nitrogens with two attached hydrogens (primary N) is 1. The molecule has 1 aromatic carbocycles. The molecule has 0 aliphatic rings. The van der Waals surface area contributed by atoms with E-state index in [1.54, 1.807) is 13.8 Å². The van der Waals surface area contributed by atoms with Crippen molar-refractivity contribution < 1.29 is 8.60 Å². The average molecular weight is 254 g/mol. The first-order chi connectivity index (χ1) is 7.81. The Morgan fingerprint density at radius 1 is 1.53 bits per heavy atom. The van der Waals surface area contributed by atoms with Gasteiger partial charge in [-0.25, -0.2) is 4.39 Å². The van der Waals surface area contributed by atoms with Crippen molar-refractivity contribution in [2.75, 3.05) is 5.75 Å². The molecule has 1 aromatic rings. The minimum Gasteiger partial charge on any atom is -0.325 e. The molecular formula is C12H15FN2OS. The van der Waals surface area contributed by atoms with Crippen molar-refractivity contribution in [2.45, 2.75) is 25.1 Å². The van der Waals surface area contributed by atoms with E-state index in [9.17, 15) is 8.60 Å². The second-order valence-corrected chi connectivity index (χ2v) is 6.09. The van der Waals surface area contributed by atoms with Gasteiger partial charge in [0.1, 0.15) is 5.82 Å². The van der Waals surface area contributed by atoms with Crippen LogP contribution in [-0.4, -0.2) is 15.5 Å². The highest BCUT2D eigenvalue weighted by molar-refractivity contribution is 7.84. The summed E-state index contributed by atoms with van der Waals surface area (Å²) in [5.41, 5.74) is 5.82. The van der Waals surface area contributed by atoms with Crippen LogP contribution < -0.4 is 5.73 Å². The molecule has 0 radical (unpaired) electrons. The van der Waals surface area contributed by atoms with Crippen LogP contribution in [0.2, 0.25) is 0 Å². The molecule has 0 aliphatic carbocycles. The zero-order chi connectivity index (χ0) is 13.1. The van der Waals surface area contributed by atoms with E-state index in [1.165, 1.54) is 12.1 Å². The van der Waals surface area contributed by atoms with Crippen LogP contribution in [0.3, 0.4) is 0 Å². The van der Waals surface area contributed by atoms with Gasteiger partial charge in [-0.1, -0.05) is 6.07 Å². The minimum atomic E-state index is -1.21. The molecule has 92 valence electrons. The molecule has 1 atom stereocenters. The van der Waals surface area contributed by atoms with Crippen LogP contribution >= 0.6 is 0 Å². The summed E-state index contributed by atoms with van der Waals surface area (Å²) in [4.78, 5) is 0. The first-order valence-corrected chi connectivity index (χ1v) is 6.63. The van der Waals surface area contributed by atoms with E-state index in [0.717, 1.165) is 6.07 Å². The number of rotatable bonds is 4. The molecule has 2 N–H and O–H groups in total. The van der Waals surface area contributed by atoms with Crippen molar-refractivity contribution in [1.82, 2.24) is 0 Å². The smallest absolute Gasteiger partial charge is 0.128 e. The van der Waals surface area contributed by atoms with Crippen molar-refractivity contribution in [3.8, 4) is 6.07 Å². The largest absolute Gasteiger partial charge is 0.325 e. The Hall–Kier alpha value is -1.25. The van der Waals surface area contributed by atoms with Gasteiger partial charge in [-0.3, -0.25) is 4.21 Å². The van der Waals surface area contributed by atoms with E-state index < -0.39 is 22.2 Å². The molecule has 0 spiro atoms. The number of nitriles is 1. The Kier molecular flexibility index (Phi) is 4.38. The van der Waals surface area contributed by atoms with Crippen molar-refractivity contribution >= 4 is 10.8 Å². The van der Waals surface area contributed by atoms with E-state index in [0.29, 0.717) is 11.3 Å². The predicted molar refractivity (Wildman–Crippen MR) is 66.1 cm³/mol. The van der Waals surface area contributed by atoms with E-state index in [2.05, 4.69) is 0 Å². The molecule has 0 aliphatic heterocycles. The molecule has 0 amide bonds. The lowest BCUT2D eigenvalue weighted by atomic mass is 10.1. The van der Waals surface area contributed by atoms with Crippen molar-refractivity contribution in [2.24, 2.45) is 5.73 Å². The maximum Gasteiger partial charge on any atom is 0.128 e. The minimum absolute atomic E-state index is 0.123. The standard InChI is InChI=1S/C12H15FN2OS/c1-12(2,15)8-17(16)7-10-4-3-9(6-14)5-11(10)13/h3-5H,7-8,15H2,1-2H3. The summed E-state index contributed by atoms with van der Waals surface area (Å²) in [7, 11) is -1.21. The topological polar surface area (TPSA) is 66.9 Å². The fourth-order valence-corrected chi connectivity index (χ4v) is 2.89. The van der Waals surface area contributed by atoms with Crippen LogP contribution in [0.15, 0.2) is 18.2 Å². The molecule has 0 saturated heterocycles. The van der Waals surface area contributed by atoms with E-state index in [-0.39, 0.29) is 11.3 Å². The summed E-state index contributed by atoms with van der Waals surface area (Å²) in [5.74, 6) is -0.0582. The van der Waals surface area contributed by atoms with Gasteiger partial charge in [-0.2, -0.15) is 5.26 Å². The van der Waals surface area contributed by atoms with Gasteiger partial charge in [0.05, 0.1) is 17.4 Å². The van der Waals surface area contributed by atoms with Crippen LogP contribution in [0.4, 0.5) is 4.39 Å². The van der Waals surface area contributed by atoms with Gasteiger partial charge < -0.3 is 5.73 Å². The highest BCUT2D eigenvalue weighted by Gasteiger charge is 2.16. The van der Waals surface area contributed by atoms with Crippen LogP contribution in [0, 0.1) is 17.1 Å². The van der Waals surface area contributed by atoms with Crippen LogP contribution in [0.25, 0.3) is 0 Å². The van der Waals surface area contributed by atoms with Gasteiger partial charge in [-0.05, 0) is 26.0 Å². The number of hydrogen-bond donors (Lipinski definition) is 1. The second kappa shape index (κ2) is 5.39. The Labute approximate surface area is 103 Å². The Balaban J connectivity index is 2.76. The third-order valence-corrected chi connectivity index (χ3v) is 3.73. The summed E-state index contributed by atoms with van der Waals surface area (Å²) < 4.78 is 25.2. The quantitative estimate of drug-likeness (QED) is 0.889. The van der Waals surface area contributed by atoms with E-state index in [4.69, 9.17) is 11.0 Å². The first kappa shape index (κ1) is 13.8. The van der Waals surface area contributed by atoms with Crippen LogP contribution in [0.5, 0.6) is 0 Å². The SMILES string of the molecule is CC(C)(N)CS(=O)Cc1ccc(C#N)cc1F. The summed E-state index contributed by atoms with van der Waals surface area (Å²) in [6, 6.07) is 6.02. The normalized spacial score (nSPS) is 13.1. The zero-order valence-corrected chi connectivity index (χ0v) is 10.7. The molecule has 0 heterocycles.